The van der Waals surface area contributed by atoms with Crippen LogP contribution in [-0.4, -0.2) is 55.0 Å². The summed E-state index contributed by atoms with van der Waals surface area (Å²) < 4.78 is 31.6. The first-order valence-corrected chi connectivity index (χ1v) is 12.7. The quantitative estimate of drug-likeness (QED) is 0.682. The number of hydrogen-bond donors (Lipinski definition) is 1. The SMILES string of the molecule is COc1cccc(N2CC(C(=O)Nc3nc4c(s3)CN(S(=O)(=O)C(C)C)CC4)CC2=O)c1. The first-order valence-electron chi connectivity index (χ1n) is 10.4. The molecular weight excluding hydrogens is 452 g/mol. The van der Waals surface area contributed by atoms with Gasteiger partial charge in [-0.25, -0.2) is 13.4 Å². The maximum absolute atomic E-state index is 12.8. The molecule has 2 aliphatic rings. The molecule has 0 bridgehead atoms. The number of hydrogen-bond acceptors (Lipinski definition) is 7. The number of anilines is 2. The Balaban J connectivity index is 1.42. The molecule has 2 aromatic rings. The van der Waals surface area contributed by atoms with Crippen molar-refractivity contribution in [3.05, 3.63) is 34.8 Å². The number of benzene rings is 1. The Bertz CT molecular complexity index is 1140. The van der Waals surface area contributed by atoms with E-state index in [0.717, 1.165) is 10.6 Å². The number of ether oxygens (including phenoxy) is 1. The lowest BCUT2D eigenvalue weighted by molar-refractivity contribution is -0.122. The fourth-order valence-electron chi connectivity index (χ4n) is 3.86. The third-order valence-corrected chi connectivity index (χ3v) is 8.96. The molecule has 0 aliphatic carbocycles. The number of carbonyl (C=O) groups excluding carboxylic acids is 2. The molecule has 1 aromatic carbocycles. The van der Waals surface area contributed by atoms with Gasteiger partial charge in [-0.15, -0.1) is 11.3 Å². The first kappa shape index (κ1) is 22.7. The molecule has 1 atom stereocenters. The van der Waals surface area contributed by atoms with E-state index in [1.807, 2.05) is 6.07 Å². The van der Waals surface area contributed by atoms with E-state index in [0.29, 0.717) is 29.5 Å². The standard InChI is InChI=1S/C21H26N4O5S2/c1-13(2)32(28,29)24-8-7-17-18(12-24)31-21(22-17)23-20(27)14-9-19(26)25(11-14)15-5-4-6-16(10-15)30-3/h4-6,10,13-14H,7-9,11-12H2,1-3H3,(H,22,23,27). The van der Waals surface area contributed by atoms with Crippen molar-refractivity contribution < 1.29 is 22.7 Å². The summed E-state index contributed by atoms with van der Waals surface area (Å²) in [5, 5.41) is 2.79. The Kier molecular flexibility index (Phi) is 6.24. The molecular formula is C21H26N4O5S2. The number of thiazole rings is 1. The van der Waals surface area contributed by atoms with Gasteiger partial charge in [-0.05, 0) is 26.0 Å². The molecule has 3 heterocycles. The highest BCUT2D eigenvalue weighted by molar-refractivity contribution is 7.89. The van der Waals surface area contributed by atoms with Crippen LogP contribution in [0.5, 0.6) is 5.75 Å². The monoisotopic (exact) mass is 478 g/mol. The van der Waals surface area contributed by atoms with Gasteiger partial charge < -0.3 is 15.0 Å². The molecule has 1 fully saturated rings. The van der Waals surface area contributed by atoms with Crippen molar-refractivity contribution >= 4 is 44.0 Å². The van der Waals surface area contributed by atoms with Crippen LogP contribution < -0.4 is 15.0 Å². The molecule has 1 aromatic heterocycles. The normalized spacial score (nSPS) is 19.3. The average Bonchev–Trinajstić information content (AvgIpc) is 3.35. The molecule has 2 amide bonds. The fourth-order valence-corrected chi connectivity index (χ4v) is 6.22. The summed E-state index contributed by atoms with van der Waals surface area (Å²) in [6.45, 7) is 4.28. The van der Waals surface area contributed by atoms with Gasteiger partial charge in [-0.3, -0.25) is 9.59 Å². The second kappa shape index (κ2) is 8.80. The summed E-state index contributed by atoms with van der Waals surface area (Å²) in [6, 6.07) is 7.18. The summed E-state index contributed by atoms with van der Waals surface area (Å²) in [7, 11) is -1.78. The molecule has 11 heteroatoms. The van der Waals surface area contributed by atoms with Crippen LogP contribution >= 0.6 is 11.3 Å². The van der Waals surface area contributed by atoms with Gasteiger partial charge in [0.25, 0.3) is 0 Å². The minimum atomic E-state index is -3.34. The van der Waals surface area contributed by atoms with E-state index in [1.165, 1.54) is 15.6 Å². The van der Waals surface area contributed by atoms with Crippen LogP contribution in [0.1, 0.15) is 30.8 Å². The highest BCUT2D eigenvalue weighted by Gasteiger charge is 2.36. The molecule has 1 unspecified atom stereocenters. The zero-order chi connectivity index (χ0) is 23.0. The van der Waals surface area contributed by atoms with Crippen molar-refractivity contribution in [1.82, 2.24) is 9.29 Å². The molecule has 172 valence electrons. The molecule has 4 rings (SSSR count). The molecule has 0 spiro atoms. The van der Waals surface area contributed by atoms with Crippen LogP contribution in [0.25, 0.3) is 0 Å². The number of fused-ring (bicyclic) bond motifs is 1. The van der Waals surface area contributed by atoms with Crippen molar-refractivity contribution in [3.63, 3.8) is 0 Å². The largest absolute Gasteiger partial charge is 0.497 e. The molecule has 1 saturated heterocycles. The molecule has 9 nitrogen and oxygen atoms in total. The van der Waals surface area contributed by atoms with Crippen LogP contribution in [0.15, 0.2) is 24.3 Å². The Hall–Kier alpha value is -2.50. The molecule has 1 N–H and O–H groups in total. The Morgan fingerprint density at radius 1 is 1.34 bits per heavy atom. The van der Waals surface area contributed by atoms with E-state index in [1.54, 1.807) is 44.1 Å². The summed E-state index contributed by atoms with van der Waals surface area (Å²) >= 11 is 1.29. The van der Waals surface area contributed by atoms with Gasteiger partial charge >= 0.3 is 0 Å². The van der Waals surface area contributed by atoms with Gasteiger partial charge in [-0.2, -0.15) is 4.31 Å². The Morgan fingerprint density at radius 2 is 2.12 bits per heavy atom. The van der Waals surface area contributed by atoms with E-state index >= 15 is 0 Å². The predicted molar refractivity (Wildman–Crippen MR) is 122 cm³/mol. The van der Waals surface area contributed by atoms with E-state index in [-0.39, 0.29) is 31.3 Å². The number of aromatic nitrogens is 1. The lowest BCUT2D eigenvalue weighted by Crippen LogP contribution is -2.39. The second-order valence-electron chi connectivity index (χ2n) is 8.16. The zero-order valence-corrected chi connectivity index (χ0v) is 19.8. The summed E-state index contributed by atoms with van der Waals surface area (Å²) in [6.07, 6.45) is 0.633. The summed E-state index contributed by atoms with van der Waals surface area (Å²) in [5.74, 6) is -0.231. The van der Waals surface area contributed by atoms with Gasteiger partial charge in [-0.1, -0.05) is 6.07 Å². The van der Waals surface area contributed by atoms with Crippen LogP contribution in [0.4, 0.5) is 10.8 Å². The maximum atomic E-state index is 12.8. The van der Waals surface area contributed by atoms with Crippen molar-refractivity contribution in [2.75, 3.05) is 30.4 Å². The third kappa shape index (κ3) is 4.37. The number of carbonyl (C=O) groups is 2. The van der Waals surface area contributed by atoms with Crippen molar-refractivity contribution in [2.45, 2.75) is 38.5 Å². The average molecular weight is 479 g/mol. The molecule has 2 aliphatic heterocycles. The second-order valence-corrected chi connectivity index (χ2v) is 11.7. The highest BCUT2D eigenvalue weighted by Crippen LogP contribution is 2.32. The van der Waals surface area contributed by atoms with E-state index < -0.39 is 21.2 Å². The van der Waals surface area contributed by atoms with E-state index in [9.17, 15) is 18.0 Å². The van der Waals surface area contributed by atoms with Gasteiger partial charge in [0.05, 0.1) is 24.0 Å². The number of nitrogens with one attached hydrogen (secondary N) is 1. The van der Waals surface area contributed by atoms with Gasteiger partial charge in [0.15, 0.2) is 5.13 Å². The lowest BCUT2D eigenvalue weighted by atomic mass is 10.1. The molecule has 0 saturated carbocycles. The third-order valence-electron chi connectivity index (χ3n) is 5.74. The van der Waals surface area contributed by atoms with Crippen LogP contribution in [0, 0.1) is 5.92 Å². The molecule has 32 heavy (non-hydrogen) atoms. The topological polar surface area (TPSA) is 109 Å². The highest BCUT2D eigenvalue weighted by atomic mass is 32.2. The van der Waals surface area contributed by atoms with Gasteiger partial charge in [0.1, 0.15) is 5.75 Å². The van der Waals surface area contributed by atoms with Crippen molar-refractivity contribution in [2.24, 2.45) is 5.92 Å². The maximum Gasteiger partial charge on any atom is 0.231 e. The zero-order valence-electron chi connectivity index (χ0n) is 18.2. The number of rotatable bonds is 6. The summed E-state index contributed by atoms with van der Waals surface area (Å²) in [5.41, 5.74) is 1.52. The number of methoxy groups -OCH3 is 1. The smallest absolute Gasteiger partial charge is 0.231 e. The Labute approximate surface area is 191 Å². The lowest BCUT2D eigenvalue weighted by Gasteiger charge is -2.26. The number of amides is 2. The van der Waals surface area contributed by atoms with Crippen LogP contribution in [-0.2, 0) is 32.6 Å². The van der Waals surface area contributed by atoms with Gasteiger partial charge in [0, 0.05) is 49.1 Å². The van der Waals surface area contributed by atoms with E-state index in [4.69, 9.17) is 4.74 Å². The van der Waals surface area contributed by atoms with Crippen molar-refractivity contribution in [1.29, 1.82) is 0 Å². The van der Waals surface area contributed by atoms with Crippen LogP contribution in [0.2, 0.25) is 0 Å². The first-order chi connectivity index (χ1) is 15.2. The van der Waals surface area contributed by atoms with Gasteiger partial charge in [0.2, 0.25) is 21.8 Å². The Morgan fingerprint density at radius 3 is 2.84 bits per heavy atom. The molecule has 0 radical (unpaired) electrons. The van der Waals surface area contributed by atoms with Crippen LogP contribution in [0.3, 0.4) is 0 Å². The number of sulfonamides is 1. The van der Waals surface area contributed by atoms with Crippen molar-refractivity contribution in [3.8, 4) is 5.75 Å². The minimum Gasteiger partial charge on any atom is -0.497 e. The predicted octanol–water partition coefficient (Wildman–Crippen LogP) is 2.24. The minimum absolute atomic E-state index is 0.119. The fraction of sp³-hybridized carbons (Fsp3) is 0.476. The van der Waals surface area contributed by atoms with E-state index in [2.05, 4.69) is 10.3 Å². The number of nitrogens with zero attached hydrogens (tertiary/aromatic N) is 3. The summed E-state index contributed by atoms with van der Waals surface area (Å²) in [4.78, 5) is 32.3.